The second-order valence-electron chi connectivity index (χ2n) is 7.25. The lowest BCUT2D eigenvalue weighted by atomic mass is 10.1. The van der Waals surface area contributed by atoms with Crippen LogP contribution < -0.4 is 4.74 Å². The van der Waals surface area contributed by atoms with Gasteiger partial charge in [0.2, 0.25) is 0 Å². The molecule has 0 unspecified atom stereocenters. The number of fused-ring (bicyclic) bond motifs is 2. The third-order valence-electron chi connectivity index (χ3n) is 4.16. The van der Waals surface area contributed by atoms with Crippen molar-refractivity contribution in [2.45, 2.75) is 32.4 Å². The number of hydrogen-bond donors (Lipinski definition) is 0. The van der Waals surface area contributed by atoms with Gasteiger partial charge in [-0.1, -0.05) is 11.6 Å². The van der Waals surface area contributed by atoms with Crippen LogP contribution in [-0.2, 0) is 4.74 Å². The quantitative estimate of drug-likeness (QED) is 0.407. The largest absolute Gasteiger partial charge is 0.489 e. The van der Waals surface area contributed by atoms with Crippen molar-refractivity contribution in [2.75, 3.05) is 26.2 Å². The van der Waals surface area contributed by atoms with Gasteiger partial charge in [-0.15, -0.1) is 0 Å². The Morgan fingerprint density at radius 2 is 2.12 bits per heavy atom. The molecule has 0 bridgehead atoms. The van der Waals surface area contributed by atoms with Gasteiger partial charge >= 0.3 is 6.09 Å². The van der Waals surface area contributed by atoms with Gasteiger partial charge < -0.3 is 19.3 Å². The van der Waals surface area contributed by atoms with Crippen molar-refractivity contribution in [3.05, 3.63) is 26.0 Å². The summed E-state index contributed by atoms with van der Waals surface area (Å²) in [6.45, 7) is 6.51. The maximum Gasteiger partial charge on any atom is 0.410 e. The van der Waals surface area contributed by atoms with E-state index < -0.39 is 17.5 Å². The van der Waals surface area contributed by atoms with Crippen LogP contribution >= 0.6 is 34.2 Å². The molecular weight excluding hydrogens is 478 g/mol. The van der Waals surface area contributed by atoms with Crippen LogP contribution in [0.3, 0.4) is 0 Å². The maximum atomic E-state index is 14.0. The lowest BCUT2D eigenvalue weighted by molar-refractivity contribution is 0.000951. The van der Waals surface area contributed by atoms with E-state index >= 15 is 0 Å². The van der Waals surface area contributed by atoms with E-state index in [1.165, 1.54) is 0 Å². The number of ether oxygens (including phenoxy) is 2. The first-order valence-corrected chi connectivity index (χ1v) is 9.63. The van der Waals surface area contributed by atoms with Gasteiger partial charge in [0.25, 0.3) is 5.91 Å². The number of piperazine rings is 1. The van der Waals surface area contributed by atoms with E-state index in [0.29, 0.717) is 13.1 Å². The fraction of sp³-hybridized carbons (Fsp3) is 0.529. The molecule has 6 nitrogen and oxygen atoms in total. The van der Waals surface area contributed by atoms with E-state index in [2.05, 4.69) is 0 Å². The minimum absolute atomic E-state index is 0.0952. The van der Waals surface area contributed by atoms with Gasteiger partial charge in [-0.3, -0.25) is 4.79 Å². The Kier molecular flexibility index (Phi) is 5.26. The number of carbonyl (C=O) groups excluding carboxylic acids is 2. The van der Waals surface area contributed by atoms with E-state index in [1.54, 1.807) is 53.2 Å². The molecule has 1 atom stereocenters. The average Bonchev–Trinajstić information content (AvgIpc) is 2.69. The molecule has 1 aromatic rings. The molecule has 3 rings (SSSR count). The van der Waals surface area contributed by atoms with Crippen LogP contribution in [0.2, 0.25) is 5.02 Å². The van der Waals surface area contributed by atoms with Crippen molar-refractivity contribution in [2.24, 2.45) is 0 Å². The standard InChI is InChI=1S/C17H19ClFIN2O4/c1-17(2,3)26-16(24)21-4-5-22-9(7-21)8-25-14-10(15(22)23)6-11(19)13(20)12(14)18/h6,9H,4-5,7-8H2,1-3H3/t9-/m1/s1. The molecule has 26 heavy (non-hydrogen) atoms. The number of carbonyl (C=O) groups is 2. The van der Waals surface area contributed by atoms with Crippen molar-refractivity contribution < 1.29 is 23.5 Å². The molecule has 1 fully saturated rings. The zero-order valence-electron chi connectivity index (χ0n) is 14.6. The molecule has 0 N–H and O–H groups in total. The van der Waals surface area contributed by atoms with Gasteiger partial charge in [0, 0.05) is 19.6 Å². The van der Waals surface area contributed by atoms with E-state index in [0.717, 1.165) is 6.07 Å². The van der Waals surface area contributed by atoms with Gasteiger partial charge in [0.05, 0.1) is 20.2 Å². The molecule has 2 heterocycles. The molecule has 9 heteroatoms. The van der Waals surface area contributed by atoms with Crippen LogP contribution in [0.5, 0.6) is 5.75 Å². The summed E-state index contributed by atoms with van der Waals surface area (Å²) in [6.07, 6.45) is -0.426. The topological polar surface area (TPSA) is 59.1 Å². The Hall–Kier alpha value is -1.29. The second kappa shape index (κ2) is 7.03. The van der Waals surface area contributed by atoms with Crippen LogP contribution in [0, 0.1) is 9.39 Å². The summed E-state index contributed by atoms with van der Waals surface area (Å²) in [5.41, 5.74) is -0.483. The monoisotopic (exact) mass is 496 g/mol. The normalized spacial score (nSPS) is 20.1. The Labute approximate surface area is 169 Å². The highest BCUT2D eigenvalue weighted by molar-refractivity contribution is 14.1. The Morgan fingerprint density at radius 3 is 2.77 bits per heavy atom. The molecule has 2 aliphatic heterocycles. The molecule has 142 valence electrons. The summed E-state index contributed by atoms with van der Waals surface area (Å²) >= 11 is 7.95. The highest BCUT2D eigenvalue weighted by atomic mass is 127. The third kappa shape index (κ3) is 3.71. The van der Waals surface area contributed by atoms with Crippen LogP contribution in [0.25, 0.3) is 0 Å². The minimum Gasteiger partial charge on any atom is -0.489 e. The summed E-state index contributed by atoms with van der Waals surface area (Å²) < 4.78 is 25.4. The Morgan fingerprint density at radius 1 is 1.42 bits per heavy atom. The van der Waals surface area contributed by atoms with Crippen LogP contribution in [0.15, 0.2) is 6.07 Å². The highest BCUT2D eigenvalue weighted by Crippen LogP contribution is 2.38. The molecule has 0 spiro atoms. The second-order valence-corrected chi connectivity index (χ2v) is 8.71. The van der Waals surface area contributed by atoms with E-state index in [9.17, 15) is 14.0 Å². The molecule has 2 amide bonds. The van der Waals surface area contributed by atoms with Gasteiger partial charge in [0.1, 0.15) is 18.0 Å². The Balaban J connectivity index is 1.83. The SMILES string of the molecule is CC(C)(C)OC(=O)N1CCN2C(=O)c3cc(F)c(I)c(Cl)c3OC[C@H]2C1. The molecule has 1 aromatic carbocycles. The molecule has 1 saturated heterocycles. The number of benzene rings is 1. The number of halogens is 3. The molecule has 0 aliphatic carbocycles. The molecule has 2 aliphatic rings. The van der Waals surface area contributed by atoms with Crippen LogP contribution in [0.1, 0.15) is 31.1 Å². The fourth-order valence-electron chi connectivity index (χ4n) is 2.97. The highest BCUT2D eigenvalue weighted by Gasteiger charge is 2.39. The van der Waals surface area contributed by atoms with Crippen molar-refractivity contribution in [1.29, 1.82) is 0 Å². The predicted molar refractivity (Wildman–Crippen MR) is 102 cm³/mol. The number of rotatable bonds is 0. The van der Waals surface area contributed by atoms with Crippen LogP contribution in [0.4, 0.5) is 9.18 Å². The smallest absolute Gasteiger partial charge is 0.410 e. The summed E-state index contributed by atoms with van der Waals surface area (Å²) in [5.74, 6) is -0.707. The van der Waals surface area contributed by atoms with E-state index in [-0.39, 0.29) is 45.0 Å². The van der Waals surface area contributed by atoms with E-state index in [4.69, 9.17) is 21.1 Å². The maximum absolute atomic E-state index is 14.0. The Bertz CT molecular complexity index is 768. The van der Waals surface area contributed by atoms with Crippen LogP contribution in [-0.4, -0.2) is 59.7 Å². The zero-order valence-corrected chi connectivity index (χ0v) is 17.6. The third-order valence-corrected chi connectivity index (χ3v) is 5.90. The van der Waals surface area contributed by atoms with Crippen molar-refractivity contribution in [3.63, 3.8) is 0 Å². The summed E-state index contributed by atoms with van der Waals surface area (Å²) in [7, 11) is 0. The molecule has 0 aromatic heterocycles. The summed E-state index contributed by atoms with van der Waals surface area (Å²) in [5, 5.41) is 0.0952. The lowest BCUT2D eigenvalue weighted by Crippen LogP contribution is -2.58. The van der Waals surface area contributed by atoms with E-state index in [1.807, 2.05) is 0 Å². The number of hydrogen-bond acceptors (Lipinski definition) is 4. The molecule has 0 radical (unpaired) electrons. The van der Waals surface area contributed by atoms with Gasteiger partial charge in [-0.2, -0.15) is 0 Å². The fourth-order valence-corrected chi connectivity index (χ4v) is 3.62. The summed E-state index contributed by atoms with van der Waals surface area (Å²) in [6, 6.07) is 0.807. The predicted octanol–water partition coefficient (Wildman–Crippen LogP) is 3.54. The first-order valence-electron chi connectivity index (χ1n) is 8.17. The van der Waals surface area contributed by atoms with Gasteiger partial charge in [-0.05, 0) is 49.4 Å². The molecule has 0 saturated carbocycles. The summed E-state index contributed by atoms with van der Waals surface area (Å²) in [4.78, 5) is 28.3. The lowest BCUT2D eigenvalue weighted by Gasteiger charge is -2.40. The number of nitrogens with zero attached hydrogens (tertiary/aromatic N) is 2. The van der Waals surface area contributed by atoms with Gasteiger partial charge in [0.15, 0.2) is 5.75 Å². The van der Waals surface area contributed by atoms with Gasteiger partial charge in [-0.25, -0.2) is 9.18 Å². The molecular formula is C17H19ClFIN2O4. The minimum atomic E-state index is -0.595. The van der Waals surface area contributed by atoms with Crippen molar-refractivity contribution in [3.8, 4) is 5.75 Å². The average molecular weight is 497 g/mol. The first-order chi connectivity index (χ1) is 12.1. The first kappa shape index (κ1) is 19.5. The number of amides is 2. The zero-order chi connectivity index (χ0) is 19.2. The van der Waals surface area contributed by atoms with Crippen molar-refractivity contribution in [1.82, 2.24) is 9.80 Å². The van der Waals surface area contributed by atoms with Crippen molar-refractivity contribution >= 4 is 46.2 Å².